The first kappa shape index (κ1) is 12.9. The standard InChI is InChI=1S/C15H29N3/c1-12-9-14(6-7-17(12)2)16-10-13-5-8-18(11-13)15-3-4-15/h12-16H,3-11H2,1-2H3. The number of piperidine rings is 1. The van der Waals surface area contributed by atoms with Crippen LogP contribution in [-0.2, 0) is 0 Å². The van der Waals surface area contributed by atoms with Crippen molar-refractivity contribution in [2.24, 2.45) is 5.92 Å². The minimum Gasteiger partial charge on any atom is -0.314 e. The van der Waals surface area contributed by atoms with Gasteiger partial charge in [0.15, 0.2) is 0 Å². The van der Waals surface area contributed by atoms with E-state index in [1.54, 1.807) is 0 Å². The molecule has 3 rings (SSSR count). The summed E-state index contributed by atoms with van der Waals surface area (Å²) in [5, 5.41) is 3.84. The van der Waals surface area contributed by atoms with Crippen LogP contribution in [0.3, 0.4) is 0 Å². The molecule has 1 N–H and O–H groups in total. The molecule has 0 aromatic heterocycles. The van der Waals surface area contributed by atoms with Gasteiger partial charge in [-0.25, -0.2) is 0 Å². The number of rotatable bonds is 4. The second kappa shape index (κ2) is 5.48. The van der Waals surface area contributed by atoms with Crippen LogP contribution in [0.1, 0.15) is 39.0 Å². The maximum Gasteiger partial charge on any atom is 0.00965 e. The summed E-state index contributed by atoms with van der Waals surface area (Å²) >= 11 is 0. The summed E-state index contributed by atoms with van der Waals surface area (Å²) in [5.74, 6) is 0.917. The van der Waals surface area contributed by atoms with E-state index >= 15 is 0 Å². The van der Waals surface area contributed by atoms with Crippen LogP contribution in [0.5, 0.6) is 0 Å². The van der Waals surface area contributed by atoms with Gasteiger partial charge < -0.3 is 15.1 Å². The van der Waals surface area contributed by atoms with Gasteiger partial charge in [0.05, 0.1) is 0 Å². The molecular weight excluding hydrogens is 222 g/mol. The van der Waals surface area contributed by atoms with Crippen molar-refractivity contribution in [3.63, 3.8) is 0 Å². The topological polar surface area (TPSA) is 18.5 Å². The van der Waals surface area contributed by atoms with Crippen molar-refractivity contribution in [3.05, 3.63) is 0 Å². The maximum absolute atomic E-state index is 3.84. The molecule has 3 heteroatoms. The Balaban J connectivity index is 1.37. The fourth-order valence-corrected chi connectivity index (χ4v) is 3.61. The van der Waals surface area contributed by atoms with Crippen molar-refractivity contribution >= 4 is 0 Å². The normalized spacial score (nSPS) is 39.3. The van der Waals surface area contributed by atoms with Gasteiger partial charge in [0.1, 0.15) is 0 Å². The molecule has 104 valence electrons. The van der Waals surface area contributed by atoms with Crippen molar-refractivity contribution in [1.29, 1.82) is 0 Å². The quantitative estimate of drug-likeness (QED) is 0.818. The van der Waals surface area contributed by atoms with E-state index in [2.05, 4.69) is 29.1 Å². The highest BCUT2D eigenvalue weighted by molar-refractivity contribution is 4.90. The van der Waals surface area contributed by atoms with Gasteiger partial charge >= 0.3 is 0 Å². The molecule has 3 unspecified atom stereocenters. The molecule has 2 saturated heterocycles. The zero-order valence-electron chi connectivity index (χ0n) is 12.1. The minimum absolute atomic E-state index is 0.753. The lowest BCUT2D eigenvalue weighted by molar-refractivity contribution is 0.166. The molecule has 3 fully saturated rings. The molecule has 0 aromatic rings. The first-order chi connectivity index (χ1) is 8.72. The lowest BCUT2D eigenvalue weighted by Gasteiger charge is -2.35. The zero-order valence-corrected chi connectivity index (χ0v) is 12.1. The Kier molecular flexibility index (Phi) is 3.92. The molecule has 3 nitrogen and oxygen atoms in total. The Labute approximate surface area is 112 Å². The Morgan fingerprint density at radius 3 is 2.67 bits per heavy atom. The lowest BCUT2D eigenvalue weighted by atomic mass is 9.98. The Morgan fingerprint density at radius 2 is 1.94 bits per heavy atom. The third kappa shape index (κ3) is 3.06. The van der Waals surface area contributed by atoms with Crippen LogP contribution >= 0.6 is 0 Å². The minimum atomic E-state index is 0.753. The molecule has 0 aromatic carbocycles. The van der Waals surface area contributed by atoms with E-state index in [0.717, 1.165) is 24.0 Å². The lowest BCUT2D eigenvalue weighted by Crippen LogP contribution is -2.46. The van der Waals surface area contributed by atoms with Crippen LogP contribution in [0.4, 0.5) is 0 Å². The number of nitrogens with zero attached hydrogens (tertiary/aromatic N) is 2. The Hall–Kier alpha value is -0.120. The predicted molar refractivity (Wildman–Crippen MR) is 75.8 cm³/mol. The third-order valence-corrected chi connectivity index (χ3v) is 5.28. The molecule has 0 radical (unpaired) electrons. The van der Waals surface area contributed by atoms with Gasteiger partial charge in [-0.3, -0.25) is 0 Å². The van der Waals surface area contributed by atoms with Gasteiger partial charge in [0.2, 0.25) is 0 Å². The Morgan fingerprint density at radius 1 is 1.11 bits per heavy atom. The van der Waals surface area contributed by atoms with E-state index in [4.69, 9.17) is 0 Å². The smallest absolute Gasteiger partial charge is 0.00965 e. The number of likely N-dealkylation sites (tertiary alicyclic amines) is 2. The van der Waals surface area contributed by atoms with Crippen LogP contribution in [-0.4, -0.2) is 61.2 Å². The van der Waals surface area contributed by atoms with E-state index in [0.29, 0.717) is 0 Å². The largest absolute Gasteiger partial charge is 0.314 e. The molecule has 0 amide bonds. The predicted octanol–water partition coefficient (Wildman–Crippen LogP) is 1.54. The van der Waals surface area contributed by atoms with Crippen molar-refractivity contribution in [1.82, 2.24) is 15.1 Å². The summed E-state index contributed by atoms with van der Waals surface area (Å²) in [4.78, 5) is 5.21. The summed E-state index contributed by atoms with van der Waals surface area (Å²) < 4.78 is 0. The summed E-state index contributed by atoms with van der Waals surface area (Å²) in [5.41, 5.74) is 0. The maximum atomic E-state index is 3.84. The van der Waals surface area contributed by atoms with Gasteiger partial charge in [-0.2, -0.15) is 0 Å². The fraction of sp³-hybridized carbons (Fsp3) is 1.00. The molecule has 18 heavy (non-hydrogen) atoms. The van der Waals surface area contributed by atoms with Crippen LogP contribution in [0.2, 0.25) is 0 Å². The monoisotopic (exact) mass is 251 g/mol. The fourth-order valence-electron chi connectivity index (χ4n) is 3.61. The van der Waals surface area contributed by atoms with Crippen molar-refractivity contribution in [2.75, 3.05) is 33.2 Å². The van der Waals surface area contributed by atoms with Crippen molar-refractivity contribution in [3.8, 4) is 0 Å². The summed E-state index contributed by atoms with van der Waals surface area (Å²) in [6, 6.07) is 2.49. The third-order valence-electron chi connectivity index (χ3n) is 5.28. The molecule has 0 bridgehead atoms. The highest BCUT2D eigenvalue weighted by Gasteiger charge is 2.34. The molecule has 1 saturated carbocycles. The zero-order chi connectivity index (χ0) is 12.5. The highest BCUT2D eigenvalue weighted by Crippen LogP contribution is 2.31. The van der Waals surface area contributed by atoms with E-state index in [1.165, 1.54) is 58.3 Å². The first-order valence-corrected chi connectivity index (χ1v) is 7.90. The van der Waals surface area contributed by atoms with Crippen LogP contribution in [0.25, 0.3) is 0 Å². The summed E-state index contributed by atoms with van der Waals surface area (Å²) in [6.07, 6.45) is 7.01. The first-order valence-electron chi connectivity index (χ1n) is 7.90. The summed E-state index contributed by atoms with van der Waals surface area (Å²) in [7, 11) is 2.26. The van der Waals surface area contributed by atoms with E-state index in [-0.39, 0.29) is 0 Å². The number of nitrogens with one attached hydrogen (secondary N) is 1. The Bertz CT molecular complexity index is 277. The highest BCUT2D eigenvalue weighted by atomic mass is 15.2. The van der Waals surface area contributed by atoms with Crippen molar-refractivity contribution in [2.45, 2.75) is 57.2 Å². The van der Waals surface area contributed by atoms with Gasteiger partial charge in [-0.15, -0.1) is 0 Å². The van der Waals surface area contributed by atoms with Crippen LogP contribution in [0, 0.1) is 5.92 Å². The van der Waals surface area contributed by atoms with E-state index in [9.17, 15) is 0 Å². The molecular formula is C15H29N3. The van der Waals surface area contributed by atoms with Crippen molar-refractivity contribution < 1.29 is 0 Å². The van der Waals surface area contributed by atoms with Crippen LogP contribution in [0.15, 0.2) is 0 Å². The van der Waals surface area contributed by atoms with Gasteiger partial charge in [-0.1, -0.05) is 0 Å². The molecule has 2 aliphatic heterocycles. The molecule has 3 aliphatic rings. The van der Waals surface area contributed by atoms with E-state index < -0.39 is 0 Å². The van der Waals surface area contributed by atoms with Gasteiger partial charge in [0, 0.05) is 24.7 Å². The average molecular weight is 251 g/mol. The molecule has 0 spiro atoms. The molecule has 3 atom stereocenters. The number of hydrogen-bond donors (Lipinski definition) is 1. The van der Waals surface area contributed by atoms with Gasteiger partial charge in [0.25, 0.3) is 0 Å². The second-order valence-corrected chi connectivity index (χ2v) is 6.84. The molecule has 2 heterocycles. The second-order valence-electron chi connectivity index (χ2n) is 6.84. The van der Waals surface area contributed by atoms with Gasteiger partial charge in [-0.05, 0) is 71.6 Å². The van der Waals surface area contributed by atoms with Crippen LogP contribution < -0.4 is 5.32 Å². The van der Waals surface area contributed by atoms with E-state index in [1.807, 2.05) is 0 Å². The summed E-state index contributed by atoms with van der Waals surface area (Å²) in [6.45, 7) is 7.60. The number of hydrogen-bond acceptors (Lipinski definition) is 3. The SMILES string of the molecule is CC1CC(NCC2CCN(C3CC3)C2)CCN1C. The average Bonchev–Trinajstić information content (AvgIpc) is 3.11. The molecule has 1 aliphatic carbocycles.